The molecule has 16 heavy (non-hydrogen) atoms. The molecule has 1 heterocycles. The molecule has 82 valence electrons. The van der Waals surface area contributed by atoms with Crippen LogP contribution in [-0.4, -0.2) is 10.9 Å². The van der Waals surface area contributed by atoms with Gasteiger partial charge in [-0.1, -0.05) is 12.1 Å². The van der Waals surface area contributed by atoms with E-state index in [2.05, 4.69) is 26.2 Å². The van der Waals surface area contributed by atoms with Crippen LogP contribution < -0.4 is 5.32 Å². The average Bonchev–Trinajstić information content (AvgIpc) is 2.68. The first-order valence-electron chi connectivity index (χ1n) is 4.56. The Morgan fingerprint density at radius 3 is 2.75 bits per heavy atom. The summed E-state index contributed by atoms with van der Waals surface area (Å²) in [5.74, 6) is -0.836. The summed E-state index contributed by atoms with van der Waals surface area (Å²) < 4.78 is 14.0. The smallest absolute Gasteiger partial charge is 0.272 e. The molecule has 0 aliphatic carbocycles. The molecule has 0 radical (unpaired) electrons. The number of anilines is 1. The normalized spacial score (nSPS) is 10.1. The number of H-pyrrole nitrogens is 1. The van der Waals surface area contributed by atoms with E-state index in [1.807, 2.05) is 0 Å². The molecule has 2 rings (SSSR count). The molecule has 3 nitrogen and oxygen atoms in total. The number of hydrogen-bond acceptors (Lipinski definition) is 1. The summed E-state index contributed by atoms with van der Waals surface area (Å²) in [6, 6.07) is 7.64. The van der Waals surface area contributed by atoms with Crippen molar-refractivity contribution in [2.45, 2.75) is 0 Å². The standard InChI is InChI=1S/C11H8BrFN2O/c12-7-5-10(14-6-7)11(16)15-9-4-2-1-3-8(9)13/h1-6,14H,(H,15,16). The van der Waals surface area contributed by atoms with Crippen molar-refractivity contribution >= 4 is 27.5 Å². The molecule has 2 aromatic rings. The van der Waals surface area contributed by atoms with E-state index in [4.69, 9.17) is 0 Å². The minimum absolute atomic E-state index is 0.165. The van der Waals surface area contributed by atoms with Gasteiger partial charge in [0, 0.05) is 10.7 Å². The largest absolute Gasteiger partial charge is 0.356 e. The minimum atomic E-state index is -0.457. The molecule has 0 unspecified atom stereocenters. The van der Waals surface area contributed by atoms with Gasteiger partial charge in [-0.3, -0.25) is 4.79 Å². The Kier molecular flexibility index (Phi) is 3.05. The maximum absolute atomic E-state index is 13.2. The van der Waals surface area contributed by atoms with Crippen LogP contribution in [0.5, 0.6) is 0 Å². The number of para-hydroxylation sites is 1. The summed E-state index contributed by atoms with van der Waals surface area (Å²) in [5, 5.41) is 2.47. The second-order valence-electron chi connectivity index (χ2n) is 3.17. The van der Waals surface area contributed by atoms with Crippen molar-refractivity contribution in [3.05, 3.63) is 52.5 Å². The van der Waals surface area contributed by atoms with E-state index in [0.29, 0.717) is 5.69 Å². The summed E-state index contributed by atoms with van der Waals surface area (Å²) >= 11 is 3.22. The zero-order chi connectivity index (χ0) is 11.5. The first kappa shape index (κ1) is 10.9. The fourth-order valence-corrected chi connectivity index (χ4v) is 1.59. The van der Waals surface area contributed by atoms with Gasteiger partial charge in [0.05, 0.1) is 5.69 Å². The Morgan fingerprint density at radius 1 is 1.38 bits per heavy atom. The van der Waals surface area contributed by atoms with Crippen molar-refractivity contribution in [1.82, 2.24) is 4.98 Å². The molecule has 0 aliphatic heterocycles. The SMILES string of the molecule is O=C(Nc1ccccc1F)c1cc(Br)c[nH]1. The number of rotatable bonds is 2. The van der Waals surface area contributed by atoms with Crippen molar-refractivity contribution in [3.63, 3.8) is 0 Å². The highest BCUT2D eigenvalue weighted by Gasteiger charge is 2.10. The van der Waals surface area contributed by atoms with Gasteiger partial charge in [0.1, 0.15) is 11.5 Å². The van der Waals surface area contributed by atoms with Crippen LogP contribution in [0.4, 0.5) is 10.1 Å². The summed E-state index contributed by atoms with van der Waals surface area (Å²) in [6.45, 7) is 0. The highest BCUT2D eigenvalue weighted by Crippen LogP contribution is 2.15. The molecule has 0 bridgehead atoms. The molecular formula is C11H8BrFN2O. The molecule has 0 atom stereocenters. The molecule has 0 aliphatic rings. The van der Waals surface area contributed by atoms with Crippen molar-refractivity contribution in [3.8, 4) is 0 Å². The molecule has 0 saturated heterocycles. The number of halogens is 2. The Morgan fingerprint density at radius 2 is 2.12 bits per heavy atom. The Labute approximate surface area is 99.8 Å². The first-order valence-corrected chi connectivity index (χ1v) is 5.36. The van der Waals surface area contributed by atoms with Crippen molar-refractivity contribution < 1.29 is 9.18 Å². The molecule has 1 aromatic carbocycles. The molecule has 5 heteroatoms. The topological polar surface area (TPSA) is 44.9 Å². The van der Waals surface area contributed by atoms with Crippen LogP contribution in [0.25, 0.3) is 0 Å². The average molecular weight is 283 g/mol. The Bertz CT molecular complexity index is 524. The van der Waals surface area contributed by atoms with Crippen molar-refractivity contribution in [1.29, 1.82) is 0 Å². The highest BCUT2D eigenvalue weighted by molar-refractivity contribution is 9.10. The van der Waals surface area contributed by atoms with Crippen LogP contribution in [0.3, 0.4) is 0 Å². The van der Waals surface area contributed by atoms with Crippen LogP contribution in [0.1, 0.15) is 10.5 Å². The van der Waals surface area contributed by atoms with E-state index in [1.165, 1.54) is 12.1 Å². The quantitative estimate of drug-likeness (QED) is 0.873. The zero-order valence-corrected chi connectivity index (χ0v) is 9.71. The van der Waals surface area contributed by atoms with Gasteiger partial charge in [0.15, 0.2) is 0 Å². The number of hydrogen-bond donors (Lipinski definition) is 2. The number of aromatic nitrogens is 1. The van der Waals surface area contributed by atoms with Crippen LogP contribution in [0, 0.1) is 5.82 Å². The molecule has 0 saturated carbocycles. The van der Waals surface area contributed by atoms with Gasteiger partial charge < -0.3 is 10.3 Å². The number of amides is 1. The first-order chi connectivity index (χ1) is 7.66. The highest BCUT2D eigenvalue weighted by atomic mass is 79.9. The van der Waals surface area contributed by atoms with Gasteiger partial charge in [-0.25, -0.2) is 4.39 Å². The lowest BCUT2D eigenvalue weighted by atomic mass is 10.3. The predicted octanol–water partition coefficient (Wildman–Crippen LogP) is 3.17. The molecule has 1 aromatic heterocycles. The predicted molar refractivity (Wildman–Crippen MR) is 62.8 cm³/mol. The Hall–Kier alpha value is -1.62. The third kappa shape index (κ3) is 2.30. The lowest BCUT2D eigenvalue weighted by molar-refractivity contribution is 0.102. The number of benzene rings is 1. The lowest BCUT2D eigenvalue weighted by Gasteiger charge is -2.04. The maximum Gasteiger partial charge on any atom is 0.272 e. The Balaban J connectivity index is 2.17. The molecular weight excluding hydrogens is 275 g/mol. The van der Waals surface area contributed by atoms with Crippen molar-refractivity contribution in [2.24, 2.45) is 0 Å². The van der Waals surface area contributed by atoms with Gasteiger partial charge in [0.25, 0.3) is 5.91 Å². The second kappa shape index (κ2) is 4.49. The van der Waals surface area contributed by atoms with E-state index >= 15 is 0 Å². The van der Waals surface area contributed by atoms with Crippen LogP contribution in [-0.2, 0) is 0 Å². The molecule has 0 spiro atoms. The van der Waals surface area contributed by atoms with E-state index in [9.17, 15) is 9.18 Å². The van der Waals surface area contributed by atoms with E-state index < -0.39 is 5.82 Å². The van der Waals surface area contributed by atoms with Gasteiger partial charge >= 0.3 is 0 Å². The molecule has 0 fully saturated rings. The second-order valence-corrected chi connectivity index (χ2v) is 4.08. The van der Waals surface area contributed by atoms with E-state index in [0.717, 1.165) is 4.47 Å². The van der Waals surface area contributed by atoms with Gasteiger partial charge in [-0.2, -0.15) is 0 Å². The maximum atomic E-state index is 13.2. The summed E-state index contributed by atoms with van der Waals surface area (Å²) in [5.41, 5.74) is 0.536. The molecule has 1 amide bonds. The van der Waals surface area contributed by atoms with E-state index in [-0.39, 0.29) is 11.6 Å². The fraction of sp³-hybridized carbons (Fsp3) is 0. The zero-order valence-electron chi connectivity index (χ0n) is 8.13. The summed E-state index contributed by atoms with van der Waals surface area (Å²) in [7, 11) is 0. The summed E-state index contributed by atoms with van der Waals surface area (Å²) in [6.07, 6.45) is 1.64. The van der Waals surface area contributed by atoms with Gasteiger partial charge in [-0.15, -0.1) is 0 Å². The van der Waals surface area contributed by atoms with Crippen LogP contribution in [0.2, 0.25) is 0 Å². The summed E-state index contributed by atoms with van der Waals surface area (Å²) in [4.78, 5) is 14.4. The molecule has 2 N–H and O–H groups in total. The number of carbonyl (C=O) groups excluding carboxylic acids is 1. The monoisotopic (exact) mass is 282 g/mol. The number of carbonyl (C=O) groups is 1. The fourth-order valence-electron chi connectivity index (χ4n) is 1.25. The van der Waals surface area contributed by atoms with Crippen molar-refractivity contribution in [2.75, 3.05) is 5.32 Å². The third-order valence-electron chi connectivity index (χ3n) is 2.01. The number of aromatic amines is 1. The number of nitrogens with one attached hydrogen (secondary N) is 2. The van der Waals surface area contributed by atoms with Crippen LogP contribution >= 0.6 is 15.9 Å². The lowest BCUT2D eigenvalue weighted by Crippen LogP contribution is -2.13. The minimum Gasteiger partial charge on any atom is -0.356 e. The third-order valence-corrected chi connectivity index (χ3v) is 2.47. The van der Waals surface area contributed by atoms with Crippen LogP contribution in [0.15, 0.2) is 41.0 Å². The van der Waals surface area contributed by atoms with Gasteiger partial charge in [0.2, 0.25) is 0 Å². The van der Waals surface area contributed by atoms with Gasteiger partial charge in [-0.05, 0) is 34.1 Å². The van der Waals surface area contributed by atoms with E-state index in [1.54, 1.807) is 24.4 Å².